The highest BCUT2D eigenvalue weighted by Gasteiger charge is 2.17. The molecule has 1 aliphatic rings. The van der Waals surface area contributed by atoms with Crippen molar-refractivity contribution in [2.24, 2.45) is 5.73 Å². The SMILES string of the molecule is Cc1cc(C)cc(C(N)c2ccc3c(c2)CCC(=O)N3)c1. The van der Waals surface area contributed by atoms with Crippen molar-refractivity contribution < 1.29 is 4.79 Å². The molecule has 0 bridgehead atoms. The average molecular weight is 280 g/mol. The Labute approximate surface area is 125 Å². The van der Waals surface area contributed by atoms with Crippen molar-refractivity contribution in [1.82, 2.24) is 0 Å². The van der Waals surface area contributed by atoms with Gasteiger partial charge in [-0.3, -0.25) is 4.79 Å². The van der Waals surface area contributed by atoms with Crippen molar-refractivity contribution in [3.8, 4) is 0 Å². The molecule has 0 aromatic heterocycles. The Morgan fingerprint density at radius 1 is 1.00 bits per heavy atom. The quantitative estimate of drug-likeness (QED) is 0.887. The van der Waals surface area contributed by atoms with Gasteiger partial charge in [0.1, 0.15) is 0 Å². The molecule has 0 saturated heterocycles. The fourth-order valence-corrected chi connectivity index (χ4v) is 2.98. The molecule has 0 fully saturated rings. The highest BCUT2D eigenvalue weighted by molar-refractivity contribution is 5.93. The number of anilines is 1. The number of carbonyl (C=O) groups excluding carboxylic acids is 1. The fraction of sp³-hybridized carbons (Fsp3) is 0.278. The first-order valence-corrected chi connectivity index (χ1v) is 7.29. The molecule has 0 radical (unpaired) electrons. The first-order chi connectivity index (χ1) is 10.0. The summed E-state index contributed by atoms with van der Waals surface area (Å²) in [5.74, 6) is 0.0915. The maximum Gasteiger partial charge on any atom is 0.224 e. The molecule has 108 valence electrons. The molecular weight excluding hydrogens is 260 g/mol. The highest BCUT2D eigenvalue weighted by Crippen LogP contribution is 2.28. The number of benzene rings is 2. The van der Waals surface area contributed by atoms with Gasteiger partial charge in [0.25, 0.3) is 0 Å². The van der Waals surface area contributed by atoms with Crippen molar-refractivity contribution in [3.05, 3.63) is 64.2 Å². The van der Waals surface area contributed by atoms with Crippen LogP contribution < -0.4 is 11.1 Å². The molecule has 21 heavy (non-hydrogen) atoms. The van der Waals surface area contributed by atoms with Crippen LogP contribution in [0.4, 0.5) is 5.69 Å². The van der Waals surface area contributed by atoms with E-state index < -0.39 is 0 Å². The number of amides is 1. The summed E-state index contributed by atoms with van der Waals surface area (Å²) in [6, 6.07) is 12.4. The molecule has 1 heterocycles. The minimum absolute atomic E-state index is 0.0915. The minimum atomic E-state index is -0.133. The van der Waals surface area contributed by atoms with E-state index in [1.54, 1.807) is 0 Å². The van der Waals surface area contributed by atoms with Gasteiger partial charge in [-0.1, -0.05) is 41.5 Å². The average Bonchev–Trinajstić information content (AvgIpc) is 2.45. The van der Waals surface area contributed by atoms with Gasteiger partial charge in [0, 0.05) is 12.1 Å². The largest absolute Gasteiger partial charge is 0.326 e. The van der Waals surface area contributed by atoms with Crippen LogP contribution in [0.2, 0.25) is 0 Å². The van der Waals surface area contributed by atoms with Crippen molar-refractivity contribution in [2.75, 3.05) is 5.32 Å². The Balaban J connectivity index is 1.94. The van der Waals surface area contributed by atoms with E-state index in [9.17, 15) is 4.79 Å². The number of carbonyl (C=O) groups is 1. The second-order valence-electron chi connectivity index (χ2n) is 5.86. The molecule has 3 N–H and O–H groups in total. The lowest BCUT2D eigenvalue weighted by Crippen LogP contribution is -2.20. The van der Waals surface area contributed by atoms with E-state index in [4.69, 9.17) is 5.73 Å². The molecule has 0 spiro atoms. The Bertz CT molecular complexity index is 686. The van der Waals surface area contributed by atoms with Gasteiger partial charge < -0.3 is 11.1 Å². The number of hydrogen-bond donors (Lipinski definition) is 2. The lowest BCUT2D eigenvalue weighted by atomic mass is 9.93. The van der Waals surface area contributed by atoms with E-state index in [2.05, 4.69) is 43.4 Å². The number of nitrogens with one attached hydrogen (secondary N) is 1. The van der Waals surface area contributed by atoms with Crippen LogP contribution in [0.5, 0.6) is 0 Å². The molecule has 3 rings (SSSR count). The summed E-state index contributed by atoms with van der Waals surface area (Å²) >= 11 is 0. The number of aryl methyl sites for hydroxylation is 3. The monoisotopic (exact) mass is 280 g/mol. The van der Waals surface area contributed by atoms with Crippen LogP contribution in [0, 0.1) is 13.8 Å². The molecule has 2 aromatic rings. The molecule has 1 amide bonds. The molecular formula is C18H20N2O. The van der Waals surface area contributed by atoms with E-state index in [1.165, 1.54) is 16.7 Å². The lowest BCUT2D eigenvalue weighted by molar-refractivity contribution is -0.116. The second kappa shape index (κ2) is 5.34. The molecule has 0 aliphatic carbocycles. The number of nitrogens with two attached hydrogens (primary N) is 1. The van der Waals surface area contributed by atoms with E-state index in [-0.39, 0.29) is 11.9 Å². The van der Waals surface area contributed by atoms with Crippen LogP contribution in [0.25, 0.3) is 0 Å². The number of fused-ring (bicyclic) bond motifs is 1. The van der Waals surface area contributed by atoms with Crippen molar-refractivity contribution in [2.45, 2.75) is 32.7 Å². The Kier molecular flexibility index (Phi) is 3.52. The van der Waals surface area contributed by atoms with Gasteiger partial charge in [0.05, 0.1) is 6.04 Å². The Morgan fingerprint density at radius 3 is 2.43 bits per heavy atom. The number of hydrogen-bond acceptors (Lipinski definition) is 2. The zero-order valence-corrected chi connectivity index (χ0v) is 12.4. The molecule has 1 aliphatic heterocycles. The van der Waals surface area contributed by atoms with Gasteiger partial charge in [-0.05, 0) is 43.0 Å². The highest BCUT2D eigenvalue weighted by atomic mass is 16.1. The third-order valence-corrected chi connectivity index (χ3v) is 3.99. The summed E-state index contributed by atoms with van der Waals surface area (Å²) < 4.78 is 0. The topological polar surface area (TPSA) is 55.1 Å². The maximum atomic E-state index is 11.4. The zero-order valence-electron chi connectivity index (χ0n) is 12.4. The van der Waals surface area contributed by atoms with Gasteiger partial charge in [0.2, 0.25) is 5.91 Å². The standard InChI is InChI=1S/C18H20N2O/c1-11-7-12(2)9-15(8-11)18(19)14-3-5-16-13(10-14)4-6-17(21)20-16/h3,5,7-10,18H,4,6,19H2,1-2H3,(H,20,21). The summed E-state index contributed by atoms with van der Waals surface area (Å²) in [6.07, 6.45) is 1.34. The van der Waals surface area contributed by atoms with Gasteiger partial charge in [0.15, 0.2) is 0 Å². The third-order valence-electron chi connectivity index (χ3n) is 3.99. The second-order valence-corrected chi connectivity index (χ2v) is 5.86. The van der Waals surface area contributed by atoms with Crippen LogP contribution in [0.3, 0.4) is 0 Å². The smallest absolute Gasteiger partial charge is 0.224 e. The fourth-order valence-electron chi connectivity index (χ4n) is 2.98. The van der Waals surface area contributed by atoms with Crippen molar-refractivity contribution in [1.29, 1.82) is 0 Å². The van der Waals surface area contributed by atoms with E-state index in [0.717, 1.165) is 23.2 Å². The van der Waals surface area contributed by atoms with E-state index >= 15 is 0 Å². The van der Waals surface area contributed by atoms with Gasteiger partial charge in [-0.15, -0.1) is 0 Å². The molecule has 3 nitrogen and oxygen atoms in total. The molecule has 3 heteroatoms. The molecule has 1 unspecified atom stereocenters. The predicted octanol–water partition coefficient (Wildman–Crippen LogP) is 3.24. The summed E-state index contributed by atoms with van der Waals surface area (Å²) in [6.45, 7) is 4.18. The Hall–Kier alpha value is -2.13. The molecule has 2 aromatic carbocycles. The van der Waals surface area contributed by atoms with Crippen LogP contribution >= 0.6 is 0 Å². The first-order valence-electron chi connectivity index (χ1n) is 7.29. The molecule has 0 saturated carbocycles. The predicted molar refractivity (Wildman–Crippen MR) is 85.3 cm³/mol. The Morgan fingerprint density at radius 2 is 1.71 bits per heavy atom. The van der Waals surface area contributed by atoms with Crippen LogP contribution in [0.1, 0.15) is 40.3 Å². The van der Waals surface area contributed by atoms with Crippen LogP contribution in [-0.2, 0) is 11.2 Å². The zero-order chi connectivity index (χ0) is 15.0. The van der Waals surface area contributed by atoms with E-state index in [0.29, 0.717) is 6.42 Å². The molecule has 1 atom stereocenters. The van der Waals surface area contributed by atoms with Gasteiger partial charge in [-0.25, -0.2) is 0 Å². The number of rotatable bonds is 2. The third kappa shape index (κ3) is 2.83. The van der Waals surface area contributed by atoms with E-state index in [1.807, 2.05) is 12.1 Å². The maximum absolute atomic E-state index is 11.4. The van der Waals surface area contributed by atoms with Gasteiger partial charge in [-0.2, -0.15) is 0 Å². The first kappa shape index (κ1) is 13.8. The minimum Gasteiger partial charge on any atom is -0.326 e. The van der Waals surface area contributed by atoms with Gasteiger partial charge >= 0.3 is 0 Å². The normalized spacial score (nSPS) is 15.3. The summed E-state index contributed by atoms with van der Waals surface area (Å²) in [7, 11) is 0. The lowest BCUT2D eigenvalue weighted by Gasteiger charge is -2.20. The summed E-state index contributed by atoms with van der Waals surface area (Å²) in [5.41, 5.74) is 13.2. The van der Waals surface area contributed by atoms with Crippen LogP contribution in [-0.4, -0.2) is 5.91 Å². The van der Waals surface area contributed by atoms with Crippen molar-refractivity contribution in [3.63, 3.8) is 0 Å². The summed E-state index contributed by atoms with van der Waals surface area (Å²) in [4.78, 5) is 11.4. The summed E-state index contributed by atoms with van der Waals surface area (Å²) in [5, 5.41) is 2.90. The van der Waals surface area contributed by atoms with Crippen molar-refractivity contribution >= 4 is 11.6 Å². The van der Waals surface area contributed by atoms with Crippen LogP contribution in [0.15, 0.2) is 36.4 Å².